The Bertz CT molecular complexity index is 865. The lowest BCUT2D eigenvalue weighted by Crippen LogP contribution is -2.26. The minimum Gasteiger partial charge on any atom is -0.493 e. The zero-order valence-electron chi connectivity index (χ0n) is 17.1. The Kier molecular flexibility index (Phi) is 6.94. The van der Waals surface area contributed by atoms with Crippen molar-refractivity contribution in [2.24, 2.45) is 5.10 Å². The Balaban J connectivity index is 1.68. The number of carbonyl (C=O) groups excluding carboxylic acids is 1. The van der Waals surface area contributed by atoms with Gasteiger partial charge in [-0.05, 0) is 55.7 Å². The molecule has 3 rings (SSSR count). The monoisotopic (exact) mass is 397 g/mol. The second-order valence-electron chi connectivity index (χ2n) is 6.65. The number of rotatable bonds is 7. The van der Waals surface area contributed by atoms with Crippen LogP contribution in [0.25, 0.3) is 0 Å². The summed E-state index contributed by atoms with van der Waals surface area (Å²) >= 11 is 0. The molecule has 0 saturated carbocycles. The van der Waals surface area contributed by atoms with Gasteiger partial charge in [-0.3, -0.25) is 10.3 Å². The van der Waals surface area contributed by atoms with E-state index in [9.17, 15) is 4.79 Å². The van der Waals surface area contributed by atoms with Gasteiger partial charge in [-0.1, -0.05) is 12.1 Å². The van der Waals surface area contributed by atoms with Crippen LogP contribution < -0.4 is 14.8 Å². The van der Waals surface area contributed by atoms with Gasteiger partial charge in [0.25, 0.3) is 0 Å². The van der Waals surface area contributed by atoms with E-state index < -0.39 is 6.09 Å². The van der Waals surface area contributed by atoms with Crippen molar-refractivity contribution in [1.82, 2.24) is 5.01 Å². The van der Waals surface area contributed by atoms with Gasteiger partial charge in [0.05, 0.1) is 33.1 Å². The summed E-state index contributed by atoms with van der Waals surface area (Å²) in [6, 6.07) is 13.6. The molecule has 0 aromatic heterocycles. The summed E-state index contributed by atoms with van der Waals surface area (Å²) in [5, 5.41) is 9.61. The molecule has 0 saturated heterocycles. The Labute approximate surface area is 171 Å². The molecule has 0 aliphatic carbocycles. The summed E-state index contributed by atoms with van der Waals surface area (Å²) in [6.07, 6.45) is 1.52. The fraction of sp³-hybridized carbons (Fsp3) is 0.364. The number of anilines is 1. The van der Waals surface area contributed by atoms with Crippen molar-refractivity contribution in [2.45, 2.75) is 26.3 Å². The highest BCUT2D eigenvalue weighted by atomic mass is 16.5. The SMILES string of the molecule is CCOC(=O)Nc1ccc(CN2CCCC(c3ccc(OC)c(OC)c3)=N2)cc1. The van der Waals surface area contributed by atoms with Crippen LogP contribution in [0.15, 0.2) is 47.6 Å². The molecule has 0 unspecified atom stereocenters. The predicted molar refractivity (Wildman–Crippen MR) is 113 cm³/mol. The average molecular weight is 397 g/mol. The maximum atomic E-state index is 11.5. The molecule has 7 heteroatoms. The molecule has 1 aliphatic heterocycles. The molecule has 154 valence electrons. The van der Waals surface area contributed by atoms with Gasteiger partial charge in [0.15, 0.2) is 11.5 Å². The zero-order chi connectivity index (χ0) is 20.6. The van der Waals surface area contributed by atoms with Crippen LogP contribution in [0.3, 0.4) is 0 Å². The maximum Gasteiger partial charge on any atom is 0.411 e. The van der Waals surface area contributed by atoms with Gasteiger partial charge in [0.2, 0.25) is 0 Å². The van der Waals surface area contributed by atoms with Crippen LogP contribution in [-0.2, 0) is 11.3 Å². The number of nitrogens with zero attached hydrogens (tertiary/aromatic N) is 2. The Hall–Kier alpha value is -3.22. The van der Waals surface area contributed by atoms with Crippen molar-refractivity contribution >= 4 is 17.5 Å². The fourth-order valence-electron chi connectivity index (χ4n) is 3.22. The van der Waals surface area contributed by atoms with Crippen molar-refractivity contribution in [3.63, 3.8) is 0 Å². The molecule has 0 bridgehead atoms. The topological polar surface area (TPSA) is 72.4 Å². The van der Waals surface area contributed by atoms with E-state index in [0.29, 0.717) is 30.3 Å². The Morgan fingerprint density at radius 1 is 1.10 bits per heavy atom. The summed E-state index contributed by atoms with van der Waals surface area (Å²) in [5.41, 5.74) is 3.91. The van der Waals surface area contributed by atoms with E-state index in [1.54, 1.807) is 21.1 Å². The van der Waals surface area contributed by atoms with E-state index in [2.05, 4.69) is 10.3 Å². The van der Waals surface area contributed by atoms with Gasteiger partial charge in [-0.15, -0.1) is 0 Å². The van der Waals surface area contributed by atoms with E-state index >= 15 is 0 Å². The summed E-state index contributed by atoms with van der Waals surface area (Å²) in [6.45, 7) is 3.73. The molecular weight excluding hydrogens is 370 g/mol. The number of benzene rings is 2. The molecule has 0 spiro atoms. The molecule has 1 N–H and O–H groups in total. The summed E-state index contributed by atoms with van der Waals surface area (Å²) in [7, 11) is 3.27. The number of carbonyl (C=O) groups is 1. The maximum absolute atomic E-state index is 11.5. The highest BCUT2D eigenvalue weighted by Crippen LogP contribution is 2.29. The molecule has 2 aromatic carbocycles. The Morgan fingerprint density at radius 2 is 1.86 bits per heavy atom. The molecule has 7 nitrogen and oxygen atoms in total. The minimum absolute atomic E-state index is 0.347. The fourth-order valence-corrected chi connectivity index (χ4v) is 3.22. The molecule has 0 fully saturated rings. The third-order valence-electron chi connectivity index (χ3n) is 4.65. The van der Waals surface area contributed by atoms with Gasteiger partial charge >= 0.3 is 6.09 Å². The first-order valence-electron chi connectivity index (χ1n) is 9.70. The molecule has 0 atom stereocenters. The van der Waals surface area contributed by atoms with Gasteiger partial charge < -0.3 is 14.2 Å². The van der Waals surface area contributed by atoms with Crippen molar-refractivity contribution in [1.29, 1.82) is 0 Å². The zero-order valence-corrected chi connectivity index (χ0v) is 17.1. The van der Waals surface area contributed by atoms with Crippen molar-refractivity contribution in [3.05, 3.63) is 53.6 Å². The normalized spacial score (nSPS) is 13.5. The average Bonchev–Trinajstić information content (AvgIpc) is 2.75. The molecule has 1 heterocycles. The Morgan fingerprint density at radius 3 is 2.55 bits per heavy atom. The molecule has 0 radical (unpaired) electrons. The molecular formula is C22H27N3O4. The highest BCUT2D eigenvalue weighted by molar-refractivity contribution is 6.01. The van der Waals surface area contributed by atoms with Crippen LogP contribution in [0, 0.1) is 0 Å². The third-order valence-corrected chi connectivity index (χ3v) is 4.65. The highest BCUT2D eigenvalue weighted by Gasteiger charge is 2.16. The van der Waals surface area contributed by atoms with Crippen LogP contribution in [-0.4, -0.2) is 44.2 Å². The van der Waals surface area contributed by atoms with Gasteiger partial charge in [0, 0.05) is 17.8 Å². The summed E-state index contributed by atoms with van der Waals surface area (Å²) in [5.74, 6) is 1.41. The lowest BCUT2D eigenvalue weighted by Gasteiger charge is -2.26. The third kappa shape index (κ3) is 5.40. The van der Waals surface area contributed by atoms with Gasteiger partial charge in [-0.2, -0.15) is 5.10 Å². The number of nitrogens with one attached hydrogen (secondary N) is 1. The largest absolute Gasteiger partial charge is 0.493 e. The number of hydrogen-bond acceptors (Lipinski definition) is 6. The van der Waals surface area contributed by atoms with Crippen LogP contribution in [0.4, 0.5) is 10.5 Å². The second-order valence-corrected chi connectivity index (χ2v) is 6.65. The number of hydrogen-bond donors (Lipinski definition) is 1. The smallest absolute Gasteiger partial charge is 0.411 e. The van der Waals surface area contributed by atoms with Crippen molar-refractivity contribution in [3.8, 4) is 11.5 Å². The molecule has 1 amide bonds. The molecule has 29 heavy (non-hydrogen) atoms. The van der Waals surface area contributed by atoms with E-state index in [1.807, 2.05) is 42.5 Å². The van der Waals surface area contributed by atoms with Gasteiger partial charge in [-0.25, -0.2) is 4.79 Å². The number of hydrazone groups is 1. The van der Waals surface area contributed by atoms with Crippen LogP contribution >= 0.6 is 0 Å². The predicted octanol–water partition coefficient (Wildman–Crippen LogP) is 4.27. The summed E-state index contributed by atoms with van der Waals surface area (Å²) < 4.78 is 15.6. The lowest BCUT2D eigenvalue weighted by molar-refractivity contribution is 0.168. The first-order valence-corrected chi connectivity index (χ1v) is 9.70. The summed E-state index contributed by atoms with van der Waals surface area (Å²) in [4.78, 5) is 11.5. The molecule has 2 aromatic rings. The van der Waals surface area contributed by atoms with E-state index in [-0.39, 0.29) is 0 Å². The van der Waals surface area contributed by atoms with Crippen LogP contribution in [0.5, 0.6) is 11.5 Å². The first kappa shape index (κ1) is 20.5. The number of ether oxygens (including phenoxy) is 3. The lowest BCUT2D eigenvalue weighted by atomic mass is 10.0. The van der Waals surface area contributed by atoms with E-state index in [0.717, 1.165) is 36.2 Å². The minimum atomic E-state index is -0.444. The quantitative estimate of drug-likeness (QED) is 0.755. The van der Waals surface area contributed by atoms with E-state index in [4.69, 9.17) is 19.3 Å². The first-order chi connectivity index (χ1) is 14.1. The van der Waals surface area contributed by atoms with Crippen molar-refractivity contribution in [2.75, 3.05) is 32.7 Å². The number of methoxy groups -OCH3 is 2. The van der Waals surface area contributed by atoms with Crippen molar-refractivity contribution < 1.29 is 19.0 Å². The second kappa shape index (κ2) is 9.82. The standard InChI is InChI=1S/C22H27N3O4/c1-4-29-22(26)23-18-10-7-16(8-11-18)15-25-13-5-6-19(24-25)17-9-12-20(27-2)21(14-17)28-3/h7-12,14H,4-6,13,15H2,1-3H3,(H,23,26). The van der Waals surface area contributed by atoms with Crippen LogP contribution in [0.1, 0.15) is 30.9 Å². The van der Waals surface area contributed by atoms with E-state index in [1.165, 1.54) is 0 Å². The van der Waals surface area contributed by atoms with Crippen LogP contribution in [0.2, 0.25) is 0 Å². The number of amides is 1. The van der Waals surface area contributed by atoms with Gasteiger partial charge in [0.1, 0.15) is 0 Å². The molecule has 1 aliphatic rings.